The molecule has 7 heteroatoms. The average molecular weight is 286 g/mol. The maximum Gasteiger partial charge on any atom is 0.238 e. The second-order valence-corrected chi connectivity index (χ2v) is 6.21. The summed E-state index contributed by atoms with van der Waals surface area (Å²) in [7, 11) is -2.17. The highest BCUT2D eigenvalue weighted by Crippen LogP contribution is 2.12. The van der Waals surface area contributed by atoms with Crippen molar-refractivity contribution in [2.75, 3.05) is 20.3 Å². The van der Waals surface area contributed by atoms with Gasteiger partial charge >= 0.3 is 0 Å². The molecule has 1 heterocycles. The fraction of sp³-hybridized carbons (Fsp3) is 0.500. The van der Waals surface area contributed by atoms with Gasteiger partial charge in [-0.25, -0.2) is 13.4 Å². The maximum atomic E-state index is 12.1. The number of methoxy groups -OCH3 is 1. The van der Waals surface area contributed by atoms with Crippen LogP contribution in [0.4, 0.5) is 0 Å². The van der Waals surface area contributed by atoms with E-state index in [-0.39, 0.29) is 5.03 Å². The molecule has 0 aliphatic rings. The highest BCUT2D eigenvalue weighted by atomic mass is 32.2. The zero-order valence-electron chi connectivity index (χ0n) is 11.0. The van der Waals surface area contributed by atoms with Crippen LogP contribution in [-0.4, -0.2) is 44.8 Å². The molecule has 19 heavy (non-hydrogen) atoms. The van der Waals surface area contributed by atoms with Gasteiger partial charge in [0.1, 0.15) is 5.25 Å². The van der Waals surface area contributed by atoms with E-state index in [1.54, 1.807) is 19.2 Å². The number of carbonyl (C=O) groups is 1. The number of nitrogens with one attached hydrogen (secondary N) is 1. The normalized spacial score (nSPS) is 12.9. The molecule has 1 amide bonds. The highest BCUT2D eigenvalue weighted by Gasteiger charge is 2.30. The first kappa shape index (κ1) is 15.6. The van der Waals surface area contributed by atoms with E-state index in [0.717, 1.165) is 0 Å². The quantitative estimate of drug-likeness (QED) is 0.733. The minimum atomic E-state index is -3.74. The van der Waals surface area contributed by atoms with Gasteiger partial charge in [-0.2, -0.15) is 0 Å². The summed E-state index contributed by atoms with van der Waals surface area (Å²) in [5.74, 6) is -0.526. The standard InChI is InChI=1S/C12H18N2O4S/c1-10(12(15)14-8-5-9-18-2)19(16,17)11-6-3-4-7-13-11/h3-4,6-7,10H,5,8-9H2,1-2H3,(H,14,15)/t10-/m1/s1. The predicted molar refractivity (Wildman–Crippen MR) is 70.4 cm³/mol. The summed E-state index contributed by atoms with van der Waals surface area (Å²) < 4.78 is 29.1. The monoisotopic (exact) mass is 286 g/mol. The Hall–Kier alpha value is -1.47. The molecule has 0 fully saturated rings. The van der Waals surface area contributed by atoms with Crippen LogP contribution in [0.5, 0.6) is 0 Å². The molecular weight excluding hydrogens is 268 g/mol. The zero-order chi connectivity index (χ0) is 14.3. The van der Waals surface area contributed by atoms with Gasteiger partial charge in [0.05, 0.1) is 0 Å². The molecule has 0 aliphatic heterocycles. The number of rotatable bonds is 7. The van der Waals surface area contributed by atoms with Gasteiger partial charge in [-0.3, -0.25) is 4.79 Å². The molecule has 0 unspecified atom stereocenters. The molecule has 0 bridgehead atoms. The van der Waals surface area contributed by atoms with Gasteiger partial charge in [-0.15, -0.1) is 0 Å². The molecule has 0 saturated heterocycles. The van der Waals surface area contributed by atoms with Crippen LogP contribution in [0.25, 0.3) is 0 Å². The lowest BCUT2D eigenvalue weighted by molar-refractivity contribution is -0.120. The first-order valence-corrected chi connectivity index (χ1v) is 7.46. The third-order valence-corrected chi connectivity index (χ3v) is 4.56. The third kappa shape index (κ3) is 4.29. The minimum Gasteiger partial charge on any atom is -0.385 e. The highest BCUT2D eigenvalue weighted by molar-refractivity contribution is 7.92. The summed E-state index contributed by atoms with van der Waals surface area (Å²) in [5, 5.41) is 1.32. The molecule has 1 atom stereocenters. The van der Waals surface area contributed by atoms with Crippen molar-refractivity contribution < 1.29 is 17.9 Å². The van der Waals surface area contributed by atoms with Crippen LogP contribution in [0.2, 0.25) is 0 Å². The van der Waals surface area contributed by atoms with Crippen molar-refractivity contribution in [2.45, 2.75) is 23.6 Å². The van der Waals surface area contributed by atoms with Crippen LogP contribution >= 0.6 is 0 Å². The van der Waals surface area contributed by atoms with Crippen molar-refractivity contribution in [3.63, 3.8) is 0 Å². The number of nitrogens with zero attached hydrogens (tertiary/aromatic N) is 1. The Morgan fingerprint density at radius 3 is 2.79 bits per heavy atom. The van der Waals surface area contributed by atoms with E-state index in [1.165, 1.54) is 19.2 Å². The van der Waals surface area contributed by atoms with Gasteiger partial charge in [0.25, 0.3) is 0 Å². The Morgan fingerprint density at radius 1 is 1.47 bits per heavy atom. The van der Waals surface area contributed by atoms with Crippen LogP contribution < -0.4 is 5.32 Å². The van der Waals surface area contributed by atoms with Crippen molar-refractivity contribution in [3.05, 3.63) is 24.4 Å². The number of sulfone groups is 1. The summed E-state index contributed by atoms with van der Waals surface area (Å²) in [6.45, 7) is 2.26. The summed E-state index contributed by atoms with van der Waals surface area (Å²) in [6, 6.07) is 4.57. The van der Waals surface area contributed by atoms with Crippen LogP contribution in [0.3, 0.4) is 0 Å². The van der Waals surface area contributed by atoms with Crippen molar-refractivity contribution in [1.82, 2.24) is 10.3 Å². The summed E-state index contributed by atoms with van der Waals surface area (Å²) >= 11 is 0. The van der Waals surface area contributed by atoms with Gasteiger partial charge in [0, 0.05) is 26.5 Å². The van der Waals surface area contributed by atoms with Crippen LogP contribution in [0.15, 0.2) is 29.4 Å². The van der Waals surface area contributed by atoms with Crippen molar-refractivity contribution in [1.29, 1.82) is 0 Å². The first-order chi connectivity index (χ1) is 9.00. The molecule has 1 aromatic rings. The van der Waals surface area contributed by atoms with Gasteiger partial charge < -0.3 is 10.1 Å². The Labute approximate surface area is 113 Å². The summed E-state index contributed by atoms with van der Waals surface area (Å²) in [4.78, 5) is 15.5. The number of amides is 1. The van der Waals surface area contributed by atoms with Gasteiger partial charge in [-0.1, -0.05) is 6.07 Å². The van der Waals surface area contributed by atoms with E-state index in [0.29, 0.717) is 19.6 Å². The molecule has 1 rings (SSSR count). The van der Waals surface area contributed by atoms with Crippen molar-refractivity contribution in [2.24, 2.45) is 0 Å². The molecule has 0 radical (unpaired) electrons. The van der Waals surface area contributed by atoms with E-state index < -0.39 is 21.0 Å². The predicted octanol–water partition coefficient (Wildman–Crippen LogP) is 0.396. The number of ether oxygens (including phenoxy) is 1. The number of hydrogen-bond acceptors (Lipinski definition) is 5. The fourth-order valence-corrected chi connectivity index (χ4v) is 2.61. The minimum absolute atomic E-state index is 0.0884. The molecule has 6 nitrogen and oxygen atoms in total. The Morgan fingerprint density at radius 2 is 2.21 bits per heavy atom. The smallest absolute Gasteiger partial charge is 0.238 e. The van der Waals surface area contributed by atoms with Crippen LogP contribution in [0.1, 0.15) is 13.3 Å². The Kier molecular flexibility index (Phi) is 5.91. The largest absolute Gasteiger partial charge is 0.385 e. The van der Waals surface area contributed by atoms with E-state index in [4.69, 9.17) is 4.74 Å². The number of aromatic nitrogens is 1. The second kappa shape index (κ2) is 7.20. The molecule has 106 valence electrons. The Bertz CT molecular complexity index is 502. The summed E-state index contributed by atoms with van der Waals surface area (Å²) in [5.41, 5.74) is 0. The molecule has 1 aromatic heterocycles. The maximum absolute atomic E-state index is 12.1. The number of pyridine rings is 1. The molecule has 1 N–H and O–H groups in total. The number of hydrogen-bond donors (Lipinski definition) is 1. The zero-order valence-corrected chi connectivity index (χ0v) is 11.8. The Balaban J connectivity index is 2.66. The SMILES string of the molecule is COCCCNC(=O)[C@@H](C)S(=O)(=O)c1ccccn1. The van der Waals surface area contributed by atoms with Gasteiger partial charge in [0.15, 0.2) is 5.03 Å². The van der Waals surface area contributed by atoms with Crippen LogP contribution in [-0.2, 0) is 19.4 Å². The lowest BCUT2D eigenvalue weighted by Crippen LogP contribution is -2.38. The van der Waals surface area contributed by atoms with Gasteiger partial charge in [-0.05, 0) is 25.5 Å². The van der Waals surface area contributed by atoms with Gasteiger partial charge in [0.2, 0.25) is 15.7 Å². The topological polar surface area (TPSA) is 85.4 Å². The number of carbonyl (C=O) groups excluding carboxylic acids is 1. The average Bonchev–Trinajstić information content (AvgIpc) is 2.43. The lowest BCUT2D eigenvalue weighted by atomic mass is 10.4. The second-order valence-electron chi connectivity index (χ2n) is 3.99. The van der Waals surface area contributed by atoms with E-state index in [1.807, 2.05) is 0 Å². The van der Waals surface area contributed by atoms with E-state index in [2.05, 4.69) is 10.3 Å². The van der Waals surface area contributed by atoms with E-state index in [9.17, 15) is 13.2 Å². The van der Waals surface area contributed by atoms with Crippen LogP contribution in [0, 0.1) is 0 Å². The fourth-order valence-electron chi connectivity index (χ4n) is 1.41. The molecule has 0 aliphatic carbocycles. The lowest BCUT2D eigenvalue weighted by Gasteiger charge is -2.12. The first-order valence-electron chi connectivity index (χ1n) is 5.91. The molecule has 0 saturated carbocycles. The van der Waals surface area contributed by atoms with Crippen molar-refractivity contribution >= 4 is 15.7 Å². The molecular formula is C12H18N2O4S. The van der Waals surface area contributed by atoms with Crippen molar-refractivity contribution in [3.8, 4) is 0 Å². The third-order valence-electron chi connectivity index (χ3n) is 2.59. The summed E-state index contributed by atoms with van der Waals surface area (Å²) in [6.07, 6.45) is 2.02. The molecule has 0 aromatic carbocycles. The molecule has 0 spiro atoms. The van der Waals surface area contributed by atoms with E-state index >= 15 is 0 Å².